The molecule has 0 aromatic carbocycles. The molecule has 0 aliphatic carbocycles. The molecule has 72 valence electrons. The van der Waals surface area contributed by atoms with Crippen LogP contribution in [0.2, 0.25) is 0 Å². The molecule has 1 aliphatic heterocycles. The van der Waals surface area contributed by atoms with Crippen molar-refractivity contribution in [2.45, 2.75) is 30.7 Å². The molecular weight excluding hydrogens is 168 g/mol. The second kappa shape index (κ2) is 3.65. The molecule has 1 unspecified atom stereocenters. The number of aliphatic hydroxyl groups is 5. The van der Waals surface area contributed by atoms with Crippen LogP contribution in [0.3, 0.4) is 0 Å². The van der Waals surface area contributed by atoms with E-state index in [0.29, 0.717) is 0 Å². The molecule has 1 aliphatic rings. The molecule has 6 heteroatoms. The van der Waals surface area contributed by atoms with Crippen molar-refractivity contribution < 1.29 is 30.3 Å². The van der Waals surface area contributed by atoms with Gasteiger partial charge in [0, 0.05) is 0 Å². The highest BCUT2D eigenvalue weighted by molar-refractivity contribution is 4.85. The van der Waals surface area contributed by atoms with Crippen LogP contribution in [0.25, 0.3) is 0 Å². The van der Waals surface area contributed by atoms with Crippen molar-refractivity contribution in [3.05, 3.63) is 0 Å². The summed E-state index contributed by atoms with van der Waals surface area (Å²) >= 11 is 0. The van der Waals surface area contributed by atoms with Crippen molar-refractivity contribution in [1.82, 2.24) is 0 Å². The van der Waals surface area contributed by atoms with Crippen molar-refractivity contribution in [3.63, 3.8) is 0 Å². The number of hydrogen-bond acceptors (Lipinski definition) is 6. The fraction of sp³-hybridized carbons (Fsp3) is 1.00. The molecule has 0 spiro atoms. The molecule has 0 aromatic rings. The van der Waals surface area contributed by atoms with Gasteiger partial charge in [-0.2, -0.15) is 0 Å². The lowest BCUT2D eigenvalue weighted by Gasteiger charge is -2.22. The smallest absolute Gasteiger partial charge is 0.183 e. The molecule has 0 radical (unpaired) electrons. The van der Waals surface area contributed by atoms with Crippen molar-refractivity contribution in [2.24, 2.45) is 0 Å². The lowest BCUT2D eigenvalue weighted by molar-refractivity contribution is -0.181. The highest BCUT2D eigenvalue weighted by atomic mass is 16.6. The summed E-state index contributed by atoms with van der Waals surface area (Å²) in [6, 6.07) is 0. The van der Waals surface area contributed by atoms with Crippen LogP contribution in [0.1, 0.15) is 0 Å². The highest BCUT2D eigenvalue weighted by Gasteiger charge is 2.38. The molecule has 1 rings (SSSR count). The Kier molecular flexibility index (Phi) is 2.99. The van der Waals surface area contributed by atoms with Gasteiger partial charge >= 0.3 is 0 Å². The first-order valence-electron chi connectivity index (χ1n) is 3.56. The van der Waals surface area contributed by atoms with Crippen LogP contribution >= 0.6 is 0 Å². The third-order valence-corrected chi connectivity index (χ3v) is 1.82. The molecule has 1 saturated heterocycles. The van der Waals surface area contributed by atoms with Gasteiger partial charge in [-0.25, -0.2) is 0 Å². The van der Waals surface area contributed by atoms with E-state index in [1.807, 2.05) is 0 Å². The molecule has 12 heavy (non-hydrogen) atoms. The van der Waals surface area contributed by atoms with E-state index in [1.165, 1.54) is 0 Å². The Morgan fingerprint density at radius 1 is 0.833 bits per heavy atom. The minimum atomic E-state index is -1.60. The normalized spacial score (nSPS) is 50.2. The lowest BCUT2D eigenvalue weighted by atomic mass is 10.0. The number of rotatable bonds is 0. The van der Waals surface area contributed by atoms with E-state index in [1.54, 1.807) is 0 Å². The van der Waals surface area contributed by atoms with Gasteiger partial charge in [0.1, 0.15) is 24.4 Å². The second-order valence-electron chi connectivity index (χ2n) is 2.76. The van der Waals surface area contributed by atoms with E-state index < -0.39 is 30.7 Å². The van der Waals surface area contributed by atoms with E-state index in [9.17, 15) is 0 Å². The van der Waals surface area contributed by atoms with Gasteiger partial charge in [-0.05, 0) is 0 Å². The molecular formula is C6H12O6. The third-order valence-electron chi connectivity index (χ3n) is 1.82. The first-order chi connectivity index (χ1) is 5.54. The molecule has 1 heterocycles. The number of ether oxygens (including phenoxy) is 1. The summed E-state index contributed by atoms with van der Waals surface area (Å²) in [5.74, 6) is 0. The molecule has 0 amide bonds. The van der Waals surface area contributed by atoms with Gasteiger partial charge in [0.2, 0.25) is 0 Å². The quantitative estimate of drug-likeness (QED) is 0.268. The third kappa shape index (κ3) is 1.74. The van der Waals surface area contributed by atoms with Crippen molar-refractivity contribution in [1.29, 1.82) is 0 Å². The van der Waals surface area contributed by atoms with Gasteiger partial charge in [0.25, 0.3) is 0 Å². The van der Waals surface area contributed by atoms with Crippen molar-refractivity contribution in [2.75, 3.05) is 6.61 Å². The highest BCUT2D eigenvalue weighted by Crippen LogP contribution is 2.14. The average Bonchev–Trinajstić information content (AvgIpc) is 2.14. The second-order valence-corrected chi connectivity index (χ2v) is 2.76. The van der Waals surface area contributed by atoms with Gasteiger partial charge in [-0.15, -0.1) is 0 Å². The van der Waals surface area contributed by atoms with Gasteiger partial charge < -0.3 is 30.3 Å². The standard InChI is InChI=1S/C6H12O6/c7-2-1-12-6(11)5(10)4(9)3(2)8/h2-11H,1H2/t2-,3-,4-,5+,6?/m1/s1. The van der Waals surface area contributed by atoms with Crippen LogP contribution in [-0.2, 0) is 4.74 Å². The largest absolute Gasteiger partial charge is 0.388 e. The molecule has 5 atom stereocenters. The first-order valence-corrected chi connectivity index (χ1v) is 3.56. The van der Waals surface area contributed by atoms with Crippen LogP contribution in [-0.4, -0.2) is 62.8 Å². The van der Waals surface area contributed by atoms with Crippen LogP contribution in [0.5, 0.6) is 0 Å². The summed E-state index contributed by atoms with van der Waals surface area (Å²) in [4.78, 5) is 0. The van der Waals surface area contributed by atoms with Gasteiger partial charge in [0.05, 0.1) is 6.61 Å². The zero-order valence-corrected chi connectivity index (χ0v) is 6.24. The average molecular weight is 180 g/mol. The molecule has 5 N–H and O–H groups in total. The van der Waals surface area contributed by atoms with Gasteiger partial charge in [0.15, 0.2) is 6.29 Å². The van der Waals surface area contributed by atoms with E-state index in [4.69, 9.17) is 25.5 Å². The van der Waals surface area contributed by atoms with Crippen molar-refractivity contribution in [3.8, 4) is 0 Å². The Hall–Kier alpha value is -0.240. The fourth-order valence-corrected chi connectivity index (χ4v) is 0.993. The fourth-order valence-electron chi connectivity index (χ4n) is 0.993. The Morgan fingerprint density at radius 3 is 2.00 bits per heavy atom. The maximum absolute atomic E-state index is 9.07. The Morgan fingerprint density at radius 2 is 1.42 bits per heavy atom. The van der Waals surface area contributed by atoms with E-state index in [2.05, 4.69) is 4.74 Å². The Bertz CT molecular complexity index is 135. The van der Waals surface area contributed by atoms with Crippen LogP contribution in [0.4, 0.5) is 0 Å². The van der Waals surface area contributed by atoms with Gasteiger partial charge in [-0.1, -0.05) is 0 Å². The maximum Gasteiger partial charge on any atom is 0.183 e. The summed E-state index contributed by atoms with van der Waals surface area (Å²) in [6.45, 7) is -0.323. The van der Waals surface area contributed by atoms with Crippen LogP contribution in [0.15, 0.2) is 0 Å². The molecule has 0 aromatic heterocycles. The summed E-state index contributed by atoms with van der Waals surface area (Å²) in [5, 5.41) is 45.1. The summed E-state index contributed by atoms with van der Waals surface area (Å²) < 4.78 is 4.50. The number of aliphatic hydroxyl groups excluding tert-OH is 5. The zero-order valence-electron chi connectivity index (χ0n) is 6.24. The van der Waals surface area contributed by atoms with E-state index in [0.717, 1.165) is 0 Å². The van der Waals surface area contributed by atoms with E-state index >= 15 is 0 Å². The Labute approximate surface area is 68.6 Å². The van der Waals surface area contributed by atoms with E-state index in [-0.39, 0.29) is 6.61 Å². The predicted molar refractivity (Wildman–Crippen MR) is 36.0 cm³/mol. The molecule has 0 bridgehead atoms. The SMILES string of the molecule is OC1OC[C@@H](O)[C@@H](O)[C@@H](O)[C@@H]1O. The lowest BCUT2D eigenvalue weighted by Crippen LogP contribution is -2.46. The number of hydrogen-bond donors (Lipinski definition) is 5. The molecule has 0 saturated carbocycles. The minimum absolute atomic E-state index is 0.323. The van der Waals surface area contributed by atoms with Crippen molar-refractivity contribution >= 4 is 0 Å². The Balaban J connectivity index is 2.68. The minimum Gasteiger partial charge on any atom is -0.388 e. The first kappa shape index (κ1) is 9.85. The maximum atomic E-state index is 9.07. The van der Waals surface area contributed by atoms with Crippen LogP contribution < -0.4 is 0 Å². The monoisotopic (exact) mass is 180 g/mol. The predicted octanol–water partition coefficient (Wildman–Crippen LogP) is -3.22. The molecule has 6 nitrogen and oxygen atoms in total. The summed E-state index contributed by atoms with van der Waals surface area (Å²) in [5.41, 5.74) is 0. The zero-order chi connectivity index (χ0) is 9.30. The summed E-state index contributed by atoms with van der Waals surface area (Å²) in [6.07, 6.45) is -7.58. The summed E-state index contributed by atoms with van der Waals surface area (Å²) in [7, 11) is 0. The van der Waals surface area contributed by atoms with Crippen LogP contribution in [0, 0.1) is 0 Å². The molecule has 1 fully saturated rings. The topological polar surface area (TPSA) is 110 Å². The van der Waals surface area contributed by atoms with Gasteiger partial charge in [-0.3, -0.25) is 0 Å².